The van der Waals surface area contributed by atoms with Crippen LogP contribution >= 0.6 is 0 Å². The third-order valence-corrected chi connectivity index (χ3v) is 3.45. The number of aromatic nitrogens is 1. The van der Waals surface area contributed by atoms with Crippen molar-refractivity contribution in [1.29, 1.82) is 0 Å². The van der Waals surface area contributed by atoms with Crippen LogP contribution in [0.5, 0.6) is 0 Å². The molecule has 0 atom stereocenters. The maximum Gasteiger partial charge on any atom is 0.319 e. The van der Waals surface area contributed by atoms with Gasteiger partial charge >= 0.3 is 6.03 Å². The Bertz CT molecular complexity index is 713. The summed E-state index contributed by atoms with van der Waals surface area (Å²) in [5.41, 5.74) is 2.64. The Morgan fingerprint density at radius 2 is 1.87 bits per heavy atom. The highest BCUT2D eigenvalue weighted by molar-refractivity contribution is 6.01. The quantitative estimate of drug-likeness (QED) is 0.741. The fourth-order valence-corrected chi connectivity index (χ4v) is 2.16. The Hall–Kier alpha value is -2.63. The molecule has 0 bridgehead atoms. The molecule has 0 unspecified atom stereocenters. The zero-order valence-corrected chi connectivity index (χ0v) is 13.6. The maximum atomic E-state index is 12.0. The van der Waals surface area contributed by atoms with E-state index in [9.17, 15) is 9.59 Å². The number of nitrogens with one attached hydrogen (secondary N) is 3. The van der Waals surface area contributed by atoms with Crippen molar-refractivity contribution in [2.45, 2.75) is 20.8 Å². The first-order chi connectivity index (χ1) is 11.0. The molecule has 3 amide bonds. The van der Waals surface area contributed by atoms with E-state index in [0.717, 1.165) is 16.5 Å². The smallest absolute Gasteiger partial charge is 0.319 e. The third kappa shape index (κ3) is 4.42. The molecule has 0 fully saturated rings. The zero-order valence-electron chi connectivity index (χ0n) is 13.6. The SMILES string of the molecule is Cc1ccc(NC(=O)NCCNC(=O)C(C)C)c2cccnc12. The van der Waals surface area contributed by atoms with Crippen molar-refractivity contribution in [3.63, 3.8) is 0 Å². The van der Waals surface area contributed by atoms with Gasteiger partial charge in [-0.1, -0.05) is 19.9 Å². The summed E-state index contributed by atoms with van der Waals surface area (Å²) < 4.78 is 0. The minimum Gasteiger partial charge on any atom is -0.354 e. The summed E-state index contributed by atoms with van der Waals surface area (Å²) in [6, 6.07) is 7.24. The van der Waals surface area contributed by atoms with Crippen LogP contribution in [-0.2, 0) is 4.79 Å². The molecule has 6 heteroatoms. The topological polar surface area (TPSA) is 83.1 Å². The summed E-state index contributed by atoms with van der Waals surface area (Å²) in [5.74, 6) is -0.0851. The molecule has 1 aromatic heterocycles. The fourth-order valence-electron chi connectivity index (χ4n) is 2.16. The van der Waals surface area contributed by atoms with Gasteiger partial charge in [-0.05, 0) is 30.7 Å². The van der Waals surface area contributed by atoms with Gasteiger partial charge in [0.1, 0.15) is 0 Å². The van der Waals surface area contributed by atoms with Crippen molar-refractivity contribution in [1.82, 2.24) is 15.6 Å². The standard InChI is InChI=1S/C17H22N4O2/c1-11(2)16(22)19-9-10-20-17(23)21-14-7-6-12(3)15-13(14)5-4-8-18-15/h4-8,11H,9-10H2,1-3H3,(H,19,22)(H2,20,21,23). The predicted molar refractivity (Wildman–Crippen MR) is 91.3 cm³/mol. The first-order valence-corrected chi connectivity index (χ1v) is 7.66. The van der Waals surface area contributed by atoms with Crippen LogP contribution in [0.4, 0.5) is 10.5 Å². The summed E-state index contributed by atoms with van der Waals surface area (Å²) >= 11 is 0. The van der Waals surface area contributed by atoms with Crippen molar-refractivity contribution >= 4 is 28.5 Å². The van der Waals surface area contributed by atoms with Gasteiger partial charge in [-0.25, -0.2) is 4.79 Å². The summed E-state index contributed by atoms with van der Waals surface area (Å²) in [4.78, 5) is 27.7. The van der Waals surface area contributed by atoms with Gasteiger partial charge in [0.05, 0.1) is 11.2 Å². The van der Waals surface area contributed by atoms with Crippen molar-refractivity contribution < 1.29 is 9.59 Å². The van der Waals surface area contributed by atoms with Crippen molar-refractivity contribution in [3.8, 4) is 0 Å². The second-order valence-corrected chi connectivity index (χ2v) is 5.66. The molecule has 1 aromatic carbocycles. The Labute approximate surface area is 135 Å². The lowest BCUT2D eigenvalue weighted by Crippen LogP contribution is -2.38. The van der Waals surface area contributed by atoms with E-state index in [2.05, 4.69) is 20.9 Å². The molecule has 0 saturated carbocycles. The fraction of sp³-hybridized carbons (Fsp3) is 0.353. The van der Waals surface area contributed by atoms with Gasteiger partial charge in [-0.2, -0.15) is 0 Å². The highest BCUT2D eigenvalue weighted by Gasteiger charge is 2.08. The van der Waals surface area contributed by atoms with Gasteiger partial charge in [0.15, 0.2) is 0 Å². The second kappa shape index (κ2) is 7.58. The summed E-state index contributed by atoms with van der Waals surface area (Å²) in [6.45, 7) is 6.40. The Kier molecular flexibility index (Phi) is 5.51. The zero-order chi connectivity index (χ0) is 16.8. The number of benzene rings is 1. The van der Waals surface area contributed by atoms with Gasteiger partial charge in [0.25, 0.3) is 0 Å². The predicted octanol–water partition coefficient (Wildman–Crippen LogP) is 2.44. The minimum absolute atomic E-state index is 0.0252. The molecule has 0 aliphatic carbocycles. The van der Waals surface area contributed by atoms with Crippen LogP contribution in [0.15, 0.2) is 30.5 Å². The van der Waals surface area contributed by atoms with Crippen LogP contribution < -0.4 is 16.0 Å². The van der Waals surface area contributed by atoms with Crippen LogP contribution in [-0.4, -0.2) is 30.0 Å². The van der Waals surface area contributed by atoms with Crippen molar-refractivity contribution in [2.75, 3.05) is 18.4 Å². The van der Waals surface area contributed by atoms with Gasteiger partial charge < -0.3 is 16.0 Å². The highest BCUT2D eigenvalue weighted by Crippen LogP contribution is 2.24. The molecule has 0 spiro atoms. The first-order valence-electron chi connectivity index (χ1n) is 7.66. The molecular formula is C17H22N4O2. The van der Waals surface area contributed by atoms with Crippen LogP contribution in [0.3, 0.4) is 0 Å². The van der Waals surface area contributed by atoms with Gasteiger partial charge in [-0.15, -0.1) is 0 Å². The number of pyridine rings is 1. The Morgan fingerprint density at radius 1 is 1.13 bits per heavy atom. The molecular weight excluding hydrogens is 292 g/mol. The largest absolute Gasteiger partial charge is 0.354 e. The molecule has 2 rings (SSSR count). The lowest BCUT2D eigenvalue weighted by atomic mass is 10.1. The van der Waals surface area contributed by atoms with Crippen molar-refractivity contribution in [3.05, 3.63) is 36.0 Å². The van der Waals surface area contributed by atoms with E-state index < -0.39 is 0 Å². The molecule has 0 aliphatic rings. The maximum absolute atomic E-state index is 12.0. The monoisotopic (exact) mass is 314 g/mol. The molecule has 6 nitrogen and oxygen atoms in total. The lowest BCUT2D eigenvalue weighted by molar-refractivity contribution is -0.123. The number of aryl methyl sites for hydroxylation is 1. The van der Waals surface area contributed by atoms with Gasteiger partial charge in [0.2, 0.25) is 5.91 Å². The summed E-state index contributed by atoms with van der Waals surface area (Å²) in [7, 11) is 0. The number of rotatable bonds is 5. The molecule has 2 aromatic rings. The van der Waals surface area contributed by atoms with E-state index in [-0.39, 0.29) is 17.9 Å². The Balaban J connectivity index is 1.91. The Morgan fingerprint density at radius 3 is 2.61 bits per heavy atom. The van der Waals surface area contributed by atoms with Crippen LogP contribution in [0.1, 0.15) is 19.4 Å². The van der Waals surface area contributed by atoms with Crippen LogP contribution in [0.25, 0.3) is 10.9 Å². The molecule has 0 aliphatic heterocycles. The average Bonchev–Trinajstić information content (AvgIpc) is 2.54. The van der Waals surface area contributed by atoms with E-state index >= 15 is 0 Å². The van der Waals surface area contributed by atoms with E-state index in [1.165, 1.54) is 0 Å². The third-order valence-electron chi connectivity index (χ3n) is 3.45. The number of hydrogen-bond acceptors (Lipinski definition) is 3. The van der Waals surface area contributed by atoms with E-state index in [1.807, 2.05) is 45.0 Å². The van der Waals surface area contributed by atoms with Gasteiger partial charge in [0, 0.05) is 30.6 Å². The number of carbonyl (C=O) groups is 2. The van der Waals surface area contributed by atoms with Crippen molar-refractivity contribution in [2.24, 2.45) is 5.92 Å². The number of nitrogens with zero attached hydrogens (tertiary/aromatic N) is 1. The van der Waals surface area contributed by atoms with Gasteiger partial charge in [-0.3, -0.25) is 9.78 Å². The highest BCUT2D eigenvalue weighted by atomic mass is 16.2. The number of urea groups is 1. The number of fused-ring (bicyclic) bond motifs is 1. The first kappa shape index (κ1) is 16.7. The van der Waals surface area contributed by atoms with Crippen LogP contribution in [0, 0.1) is 12.8 Å². The number of amides is 3. The number of carbonyl (C=O) groups excluding carboxylic acids is 2. The average molecular weight is 314 g/mol. The number of hydrogen-bond donors (Lipinski definition) is 3. The second-order valence-electron chi connectivity index (χ2n) is 5.66. The normalized spacial score (nSPS) is 10.6. The molecule has 3 N–H and O–H groups in total. The number of anilines is 1. The van der Waals surface area contributed by atoms with E-state index in [1.54, 1.807) is 6.20 Å². The minimum atomic E-state index is -0.308. The van der Waals surface area contributed by atoms with Crippen LogP contribution in [0.2, 0.25) is 0 Å². The van der Waals surface area contributed by atoms with E-state index in [0.29, 0.717) is 18.8 Å². The molecule has 0 radical (unpaired) electrons. The summed E-state index contributed by atoms with van der Waals surface area (Å²) in [6.07, 6.45) is 1.73. The lowest BCUT2D eigenvalue weighted by Gasteiger charge is -2.12. The summed E-state index contributed by atoms with van der Waals surface area (Å²) in [5, 5.41) is 9.19. The molecule has 1 heterocycles. The molecule has 122 valence electrons. The molecule has 0 saturated heterocycles. The van der Waals surface area contributed by atoms with E-state index in [4.69, 9.17) is 0 Å². The molecule has 23 heavy (non-hydrogen) atoms.